The maximum Gasteiger partial charge on any atom is 0.573 e. The molecule has 2 aromatic carbocycles. The molecule has 0 spiro atoms. The van der Waals surface area contributed by atoms with Crippen LogP contribution in [0.2, 0.25) is 0 Å². The number of ether oxygens (including phenoxy) is 2. The average Bonchev–Trinajstić information content (AvgIpc) is 3.35. The molecule has 0 fully saturated rings. The first-order valence-corrected chi connectivity index (χ1v) is 10.2. The lowest BCUT2D eigenvalue weighted by molar-refractivity contribution is -0.274. The number of anilines is 2. The van der Waals surface area contributed by atoms with Crippen molar-refractivity contribution >= 4 is 33.7 Å². The Morgan fingerprint density at radius 2 is 1.79 bits per heavy atom. The van der Waals surface area contributed by atoms with Gasteiger partial charge in [0.1, 0.15) is 23.2 Å². The summed E-state index contributed by atoms with van der Waals surface area (Å²) in [7, 11) is 1.83. The number of imidazole rings is 1. The maximum absolute atomic E-state index is 12.4. The van der Waals surface area contributed by atoms with Gasteiger partial charge in [0, 0.05) is 25.3 Å². The minimum absolute atomic E-state index is 0.298. The Morgan fingerprint density at radius 1 is 1.03 bits per heavy atom. The van der Waals surface area contributed by atoms with E-state index in [1.807, 2.05) is 24.6 Å². The van der Waals surface area contributed by atoms with Gasteiger partial charge in [0.25, 0.3) is 0 Å². The highest BCUT2D eigenvalue weighted by Gasteiger charge is 2.31. The van der Waals surface area contributed by atoms with Gasteiger partial charge in [-0.3, -0.25) is 0 Å². The van der Waals surface area contributed by atoms with Crippen molar-refractivity contribution in [3.05, 3.63) is 55.0 Å². The molecule has 12 heteroatoms. The van der Waals surface area contributed by atoms with Crippen LogP contribution in [0.15, 0.2) is 55.0 Å². The van der Waals surface area contributed by atoms with E-state index in [9.17, 15) is 13.2 Å². The predicted octanol–water partition coefficient (Wildman–Crippen LogP) is 5.17. The molecule has 5 rings (SSSR count). The summed E-state index contributed by atoms with van der Waals surface area (Å²) in [6.07, 6.45) is -1.64. The van der Waals surface area contributed by atoms with Gasteiger partial charge in [0.05, 0.1) is 17.2 Å². The highest BCUT2D eigenvalue weighted by atomic mass is 19.4. The van der Waals surface area contributed by atoms with Crippen molar-refractivity contribution in [1.82, 2.24) is 29.3 Å². The quantitative estimate of drug-likeness (QED) is 0.367. The van der Waals surface area contributed by atoms with Crippen LogP contribution in [-0.2, 0) is 13.6 Å². The number of alkyl halides is 3. The van der Waals surface area contributed by atoms with E-state index >= 15 is 0 Å². The van der Waals surface area contributed by atoms with E-state index in [0.717, 1.165) is 5.52 Å². The molecule has 0 atom stereocenters. The van der Waals surface area contributed by atoms with Crippen molar-refractivity contribution in [1.29, 1.82) is 0 Å². The summed E-state index contributed by atoms with van der Waals surface area (Å²) in [6.45, 7) is 2.65. The van der Waals surface area contributed by atoms with E-state index in [4.69, 9.17) is 4.74 Å². The molecule has 174 valence electrons. The highest BCUT2D eigenvalue weighted by Crippen LogP contribution is 2.31. The summed E-state index contributed by atoms with van der Waals surface area (Å²) in [6, 6.07) is 10.9. The van der Waals surface area contributed by atoms with Crippen molar-refractivity contribution in [2.75, 3.05) is 5.32 Å². The standard InChI is InChI=1S/C22H18F3N7O2/c1-3-32-19-16(11-28-32)20(27-12-26-19)33-15-8-9-18-17(10-15)30-21(31(18)2)29-13-4-6-14(7-5-13)34-22(23,24)25/h4-12H,3H2,1-2H3,(H,29,30). The zero-order chi connectivity index (χ0) is 23.9. The Balaban J connectivity index is 1.39. The third-order valence-electron chi connectivity index (χ3n) is 5.11. The Morgan fingerprint density at radius 3 is 2.53 bits per heavy atom. The third kappa shape index (κ3) is 4.17. The molecule has 0 radical (unpaired) electrons. The minimum atomic E-state index is -4.74. The van der Waals surface area contributed by atoms with Crippen LogP contribution in [0.5, 0.6) is 17.4 Å². The normalized spacial score (nSPS) is 11.8. The van der Waals surface area contributed by atoms with Gasteiger partial charge in [0.15, 0.2) is 5.65 Å². The van der Waals surface area contributed by atoms with Crippen molar-refractivity contribution in [2.45, 2.75) is 19.8 Å². The van der Waals surface area contributed by atoms with E-state index in [2.05, 4.69) is 30.1 Å². The number of rotatable bonds is 6. The molecule has 0 aliphatic rings. The molecule has 3 heterocycles. The van der Waals surface area contributed by atoms with Crippen LogP contribution in [0, 0.1) is 0 Å². The minimum Gasteiger partial charge on any atom is -0.438 e. The monoisotopic (exact) mass is 469 g/mol. The highest BCUT2D eigenvalue weighted by molar-refractivity contribution is 5.82. The van der Waals surface area contributed by atoms with E-state index in [-0.39, 0.29) is 5.75 Å². The topological polar surface area (TPSA) is 91.9 Å². The molecule has 3 aromatic heterocycles. The van der Waals surface area contributed by atoms with Gasteiger partial charge < -0.3 is 19.4 Å². The molecule has 1 N–H and O–H groups in total. The van der Waals surface area contributed by atoms with Crippen LogP contribution in [0.1, 0.15) is 6.92 Å². The van der Waals surface area contributed by atoms with Crippen LogP contribution in [-0.4, -0.2) is 35.7 Å². The number of benzene rings is 2. The lowest BCUT2D eigenvalue weighted by atomic mass is 10.3. The maximum atomic E-state index is 12.4. The molecule has 0 aliphatic carbocycles. The van der Waals surface area contributed by atoms with Gasteiger partial charge in [-0.25, -0.2) is 19.6 Å². The summed E-state index contributed by atoms with van der Waals surface area (Å²) >= 11 is 0. The molecule has 34 heavy (non-hydrogen) atoms. The van der Waals surface area contributed by atoms with Crippen LogP contribution >= 0.6 is 0 Å². The molecule has 0 amide bonds. The Labute approximate surface area is 190 Å². The number of aryl methyl sites for hydroxylation is 2. The Kier molecular flexibility index (Phi) is 5.19. The first-order chi connectivity index (χ1) is 16.3. The van der Waals surface area contributed by atoms with Crippen molar-refractivity contribution in [3.8, 4) is 17.4 Å². The number of aromatic nitrogens is 6. The van der Waals surface area contributed by atoms with Gasteiger partial charge in [-0.15, -0.1) is 13.2 Å². The van der Waals surface area contributed by atoms with Crippen LogP contribution in [0.4, 0.5) is 24.8 Å². The molecule has 5 aromatic rings. The number of nitrogens with one attached hydrogen (secondary N) is 1. The first-order valence-electron chi connectivity index (χ1n) is 10.2. The van der Waals surface area contributed by atoms with Crippen molar-refractivity contribution < 1.29 is 22.6 Å². The summed E-state index contributed by atoms with van der Waals surface area (Å²) in [5, 5.41) is 8.09. The molecular formula is C22H18F3N7O2. The SMILES string of the molecule is CCn1ncc2c(Oc3ccc4c(c3)nc(Nc3ccc(OC(F)(F)F)cc3)n4C)ncnc21. The summed E-state index contributed by atoms with van der Waals surface area (Å²) in [5.74, 6) is 1.13. The third-order valence-corrected chi connectivity index (χ3v) is 5.11. The number of hydrogen-bond acceptors (Lipinski definition) is 7. The van der Waals surface area contributed by atoms with Crippen LogP contribution < -0.4 is 14.8 Å². The van der Waals surface area contributed by atoms with E-state index in [1.165, 1.54) is 30.6 Å². The van der Waals surface area contributed by atoms with Crippen LogP contribution in [0.25, 0.3) is 22.1 Å². The van der Waals surface area contributed by atoms with Gasteiger partial charge in [0.2, 0.25) is 11.8 Å². The summed E-state index contributed by atoms with van der Waals surface area (Å²) in [5.41, 5.74) is 2.73. The smallest absolute Gasteiger partial charge is 0.438 e. The first kappa shape index (κ1) is 21.5. The van der Waals surface area contributed by atoms with Crippen molar-refractivity contribution in [2.24, 2.45) is 7.05 Å². The van der Waals surface area contributed by atoms with Gasteiger partial charge in [-0.2, -0.15) is 5.10 Å². The second-order valence-corrected chi connectivity index (χ2v) is 7.32. The number of fused-ring (bicyclic) bond motifs is 2. The van der Waals surface area contributed by atoms with Gasteiger partial charge in [-0.05, 0) is 43.3 Å². The fourth-order valence-corrected chi connectivity index (χ4v) is 3.52. The van der Waals surface area contributed by atoms with Crippen LogP contribution in [0.3, 0.4) is 0 Å². The molecule has 0 bridgehead atoms. The lowest BCUT2D eigenvalue weighted by Gasteiger charge is -2.10. The van der Waals surface area contributed by atoms with E-state index in [0.29, 0.717) is 46.4 Å². The largest absolute Gasteiger partial charge is 0.573 e. The molecule has 0 unspecified atom stereocenters. The lowest BCUT2D eigenvalue weighted by Crippen LogP contribution is -2.17. The second kappa shape index (κ2) is 8.21. The van der Waals surface area contributed by atoms with E-state index in [1.54, 1.807) is 23.0 Å². The number of nitrogens with zero attached hydrogens (tertiary/aromatic N) is 6. The zero-order valence-corrected chi connectivity index (χ0v) is 18.0. The molecule has 0 saturated heterocycles. The number of hydrogen-bond donors (Lipinski definition) is 1. The molecule has 0 saturated carbocycles. The number of halogens is 3. The molecular weight excluding hydrogens is 451 g/mol. The summed E-state index contributed by atoms with van der Waals surface area (Å²) in [4.78, 5) is 13.1. The zero-order valence-electron chi connectivity index (χ0n) is 18.0. The second-order valence-electron chi connectivity index (χ2n) is 7.32. The van der Waals surface area contributed by atoms with Crippen molar-refractivity contribution in [3.63, 3.8) is 0 Å². The molecule has 0 aliphatic heterocycles. The average molecular weight is 469 g/mol. The Hall–Kier alpha value is -4.35. The Bertz CT molecular complexity index is 1480. The molecule has 9 nitrogen and oxygen atoms in total. The van der Waals surface area contributed by atoms with E-state index < -0.39 is 6.36 Å². The predicted molar refractivity (Wildman–Crippen MR) is 118 cm³/mol. The fourth-order valence-electron chi connectivity index (χ4n) is 3.52. The van der Waals surface area contributed by atoms with Gasteiger partial charge in [-0.1, -0.05) is 0 Å². The fraction of sp³-hybridized carbons (Fsp3) is 0.182. The van der Waals surface area contributed by atoms with Gasteiger partial charge >= 0.3 is 6.36 Å². The summed E-state index contributed by atoms with van der Waals surface area (Å²) < 4.78 is 50.5.